The SMILES string of the molecule is CCCCCCC#Cc1ccc(-c2cnc(C3(NC(=O)OC(C)(C)C)COC(C)(C)OC3)[nH]2)cc1. The number of H-pyrrole nitrogens is 1. The van der Waals surface area contributed by atoms with Crippen LogP contribution < -0.4 is 5.32 Å². The molecular formula is C28H39N3O4. The minimum Gasteiger partial charge on any atom is -0.444 e. The van der Waals surface area contributed by atoms with Crippen LogP contribution in [0.4, 0.5) is 4.79 Å². The van der Waals surface area contributed by atoms with E-state index in [1.54, 1.807) is 6.20 Å². The summed E-state index contributed by atoms with van der Waals surface area (Å²) in [5.74, 6) is 6.30. The van der Waals surface area contributed by atoms with E-state index in [2.05, 4.69) is 34.0 Å². The first-order valence-corrected chi connectivity index (χ1v) is 12.5. The zero-order valence-electron chi connectivity index (χ0n) is 21.9. The molecule has 190 valence electrons. The van der Waals surface area contributed by atoms with Gasteiger partial charge in [-0.2, -0.15) is 0 Å². The highest BCUT2D eigenvalue weighted by molar-refractivity contribution is 5.69. The molecule has 0 atom stereocenters. The van der Waals surface area contributed by atoms with Gasteiger partial charge in [0.2, 0.25) is 0 Å². The second kappa shape index (κ2) is 11.3. The normalized spacial score (nSPS) is 16.7. The molecule has 0 saturated carbocycles. The van der Waals surface area contributed by atoms with E-state index in [4.69, 9.17) is 14.2 Å². The number of benzene rings is 1. The Hall–Kier alpha value is -2.82. The van der Waals surface area contributed by atoms with Crippen LogP contribution in [0.2, 0.25) is 0 Å². The third kappa shape index (κ3) is 7.84. The number of nitrogens with one attached hydrogen (secondary N) is 2. The lowest BCUT2D eigenvalue weighted by Crippen LogP contribution is -2.59. The molecule has 1 amide bonds. The van der Waals surface area contributed by atoms with Crippen molar-refractivity contribution < 1.29 is 19.0 Å². The van der Waals surface area contributed by atoms with Crippen LogP contribution in [0.1, 0.15) is 85.0 Å². The Kier molecular flexibility index (Phi) is 8.63. The van der Waals surface area contributed by atoms with Crippen molar-refractivity contribution in [3.8, 4) is 23.1 Å². The van der Waals surface area contributed by atoms with Gasteiger partial charge in [-0.3, -0.25) is 0 Å². The number of carbonyl (C=O) groups is 1. The van der Waals surface area contributed by atoms with Crippen LogP contribution in [0.25, 0.3) is 11.3 Å². The number of ether oxygens (including phenoxy) is 3. The van der Waals surface area contributed by atoms with Crippen LogP contribution in [0.5, 0.6) is 0 Å². The average molecular weight is 482 g/mol. The molecular weight excluding hydrogens is 442 g/mol. The van der Waals surface area contributed by atoms with Gasteiger partial charge in [-0.25, -0.2) is 9.78 Å². The standard InChI is InChI=1S/C28H39N3O4/c1-7-8-9-10-11-12-13-21-14-16-22(17-15-21)23-18-29-24(30-23)28(19-33-27(5,6)34-20-28)31-25(32)35-26(2,3)4/h14-18H,7-11,19-20H2,1-6H3,(H,29,30)(H,31,32). The Morgan fingerprint density at radius 1 is 1.14 bits per heavy atom. The highest BCUT2D eigenvalue weighted by atomic mass is 16.7. The third-order valence-corrected chi connectivity index (χ3v) is 5.69. The summed E-state index contributed by atoms with van der Waals surface area (Å²) < 4.78 is 17.3. The van der Waals surface area contributed by atoms with Gasteiger partial charge in [-0.05, 0) is 58.7 Å². The molecule has 1 aromatic carbocycles. The Labute approximate surface area is 209 Å². The first kappa shape index (κ1) is 26.8. The Morgan fingerprint density at radius 3 is 2.46 bits per heavy atom. The van der Waals surface area contributed by atoms with E-state index in [9.17, 15) is 4.79 Å². The molecule has 1 fully saturated rings. The summed E-state index contributed by atoms with van der Waals surface area (Å²) in [6.45, 7) is 11.7. The van der Waals surface area contributed by atoms with Crippen LogP contribution in [-0.2, 0) is 19.7 Å². The van der Waals surface area contributed by atoms with E-state index in [0.717, 1.165) is 29.7 Å². The second-order valence-electron chi connectivity index (χ2n) is 10.5. The van der Waals surface area contributed by atoms with Crippen molar-refractivity contribution in [3.05, 3.63) is 41.9 Å². The monoisotopic (exact) mass is 481 g/mol. The number of nitrogens with zero attached hydrogens (tertiary/aromatic N) is 1. The van der Waals surface area contributed by atoms with Gasteiger partial charge in [0.05, 0.1) is 25.1 Å². The smallest absolute Gasteiger partial charge is 0.408 e. The van der Waals surface area contributed by atoms with Crippen LogP contribution in [0.3, 0.4) is 0 Å². The first-order chi connectivity index (χ1) is 16.5. The van der Waals surface area contributed by atoms with Gasteiger partial charge >= 0.3 is 6.09 Å². The fourth-order valence-electron chi connectivity index (χ4n) is 3.69. The number of alkyl carbamates (subject to hydrolysis) is 1. The molecule has 0 bridgehead atoms. The van der Waals surface area contributed by atoms with Crippen molar-refractivity contribution >= 4 is 6.09 Å². The number of aromatic amines is 1. The van der Waals surface area contributed by atoms with Crippen molar-refractivity contribution in [1.82, 2.24) is 15.3 Å². The maximum Gasteiger partial charge on any atom is 0.408 e. The molecule has 0 radical (unpaired) electrons. The summed E-state index contributed by atoms with van der Waals surface area (Å²) in [7, 11) is 0. The van der Waals surface area contributed by atoms with Gasteiger partial charge in [-0.15, -0.1) is 0 Å². The van der Waals surface area contributed by atoms with Gasteiger partial charge in [-0.1, -0.05) is 50.2 Å². The molecule has 1 aromatic heterocycles. The van der Waals surface area contributed by atoms with Crippen LogP contribution in [0.15, 0.2) is 30.5 Å². The molecule has 2 heterocycles. The van der Waals surface area contributed by atoms with Crippen molar-refractivity contribution in [3.63, 3.8) is 0 Å². The molecule has 7 heteroatoms. The van der Waals surface area contributed by atoms with Crippen molar-refractivity contribution in [1.29, 1.82) is 0 Å². The third-order valence-electron chi connectivity index (χ3n) is 5.69. The van der Waals surface area contributed by atoms with E-state index in [0.29, 0.717) is 5.82 Å². The molecule has 1 saturated heterocycles. The van der Waals surface area contributed by atoms with Gasteiger partial charge < -0.3 is 24.5 Å². The van der Waals surface area contributed by atoms with Gasteiger partial charge in [0, 0.05) is 12.0 Å². The van der Waals surface area contributed by atoms with Gasteiger partial charge in [0.25, 0.3) is 0 Å². The first-order valence-electron chi connectivity index (χ1n) is 12.5. The Bertz CT molecular complexity index is 1030. The zero-order chi connectivity index (χ0) is 25.5. The lowest BCUT2D eigenvalue weighted by atomic mass is 9.99. The molecule has 0 spiro atoms. The van der Waals surface area contributed by atoms with Crippen LogP contribution in [-0.4, -0.2) is 40.7 Å². The molecule has 0 aliphatic carbocycles. The summed E-state index contributed by atoms with van der Waals surface area (Å²) in [5, 5.41) is 2.94. The maximum atomic E-state index is 12.6. The summed E-state index contributed by atoms with van der Waals surface area (Å²) in [4.78, 5) is 20.6. The lowest BCUT2D eigenvalue weighted by Gasteiger charge is -2.42. The number of carbonyl (C=O) groups excluding carboxylic acids is 1. The van der Waals surface area contributed by atoms with Gasteiger partial charge in [0.1, 0.15) is 17.0 Å². The summed E-state index contributed by atoms with van der Waals surface area (Å²) in [6.07, 6.45) is 7.03. The van der Waals surface area contributed by atoms with E-state index in [-0.39, 0.29) is 13.2 Å². The summed E-state index contributed by atoms with van der Waals surface area (Å²) in [5.41, 5.74) is 1.16. The average Bonchev–Trinajstić information content (AvgIpc) is 3.28. The van der Waals surface area contributed by atoms with E-state index < -0.39 is 23.0 Å². The minimum atomic E-state index is -1.00. The minimum absolute atomic E-state index is 0.193. The molecule has 1 aliphatic heterocycles. The Morgan fingerprint density at radius 2 is 1.83 bits per heavy atom. The predicted octanol–water partition coefficient (Wildman–Crippen LogP) is 5.90. The highest BCUT2D eigenvalue weighted by Crippen LogP contribution is 2.31. The summed E-state index contributed by atoms with van der Waals surface area (Å²) in [6, 6.07) is 8.06. The lowest BCUT2D eigenvalue weighted by molar-refractivity contribution is -0.273. The fraction of sp³-hybridized carbons (Fsp3) is 0.571. The maximum absolute atomic E-state index is 12.6. The van der Waals surface area contributed by atoms with Gasteiger partial charge in [0.15, 0.2) is 5.79 Å². The van der Waals surface area contributed by atoms with Crippen LogP contribution in [0, 0.1) is 11.8 Å². The molecule has 3 rings (SSSR count). The quantitative estimate of drug-likeness (QED) is 0.380. The number of hydrogen-bond donors (Lipinski definition) is 2. The molecule has 7 nitrogen and oxygen atoms in total. The number of hydrogen-bond acceptors (Lipinski definition) is 5. The van der Waals surface area contributed by atoms with Crippen molar-refractivity contribution in [2.45, 2.75) is 90.6 Å². The van der Waals surface area contributed by atoms with Crippen LogP contribution >= 0.6 is 0 Å². The second-order valence-corrected chi connectivity index (χ2v) is 10.5. The highest BCUT2D eigenvalue weighted by Gasteiger charge is 2.45. The molecule has 1 aliphatic rings. The number of unbranched alkanes of at least 4 members (excludes halogenated alkanes) is 4. The van der Waals surface area contributed by atoms with E-state index in [1.165, 1.54) is 19.3 Å². The number of imidazole rings is 1. The largest absolute Gasteiger partial charge is 0.444 e. The molecule has 2 aromatic rings. The predicted molar refractivity (Wildman–Crippen MR) is 137 cm³/mol. The number of aromatic nitrogens is 2. The van der Waals surface area contributed by atoms with Crippen molar-refractivity contribution in [2.24, 2.45) is 0 Å². The molecule has 2 N–H and O–H groups in total. The topological polar surface area (TPSA) is 85.5 Å². The number of amides is 1. The van der Waals surface area contributed by atoms with E-state index >= 15 is 0 Å². The van der Waals surface area contributed by atoms with E-state index in [1.807, 2.05) is 58.9 Å². The fourth-order valence-corrected chi connectivity index (χ4v) is 3.69. The summed E-state index contributed by atoms with van der Waals surface area (Å²) >= 11 is 0. The number of rotatable bonds is 7. The molecule has 35 heavy (non-hydrogen) atoms. The Balaban J connectivity index is 1.74. The zero-order valence-corrected chi connectivity index (χ0v) is 21.9. The van der Waals surface area contributed by atoms with Crippen molar-refractivity contribution in [2.75, 3.05) is 13.2 Å². The molecule has 0 unspecified atom stereocenters.